The standard InChI is InChI=1S/C19H22N2O4S/c1-5-9-26-18(6-2)16-11-17(25-19(3,4)12-22)14-10-13(21(23)24)7-8-15(14)20-16/h5-11,22H,12H2,1-4H3/b9-5-,18-6-. The second-order valence-electron chi connectivity index (χ2n) is 6.22. The highest BCUT2D eigenvalue weighted by Gasteiger charge is 2.22. The lowest BCUT2D eigenvalue weighted by atomic mass is 10.1. The molecule has 0 atom stereocenters. The van der Waals surface area contributed by atoms with Gasteiger partial charge in [-0.25, -0.2) is 4.98 Å². The number of rotatable bonds is 7. The van der Waals surface area contributed by atoms with E-state index in [1.807, 2.05) is 31.4 Å². The van der Waals surface area contributed by atoms with Crippen LogP contribution in [-0.2, 0) is 0 Å². The van der Waals surface area contributed by atoms with Crippen molar-refractivity contribution in [3.05, 3.63) is 57.6 Å². The van der Waals surface area contributed by atoms with Crippen LogP contribution in [0.5, 0.6) is 5.75 Å². The number of hydrogen-bond acceptors (Lipinski definition) is 6. The van der Waals surface area contributed by atoms with Gasteiger partial charge in [-0.1, -0.05) is 23.9 Å². The van der Waals surface area contributed by atoms with Gasteiger partial charge in [0.25, 0.3) is 5.69 Å². The first-order valence-electron chi connectivity index (χ1n) is 8.15. The molecule has 0 bridgehead atoms. The van der Waals surface area contributed by atoms with E-state index in [1.54, 1.807) is 26.0 Å². The Kier molecular flexibility index (Phi) is 6.39. The summed E-state index contributed by atoms with van der Waals surface area (Å²) in [5, 5.41) is 23.2. The van der Waals surface area contributed by atoms with Crippen molar-refractivity contribution in [2.75, 3.05) is 6.61 Å². The van der Waals surface area contributed by atoms with Gasteiger partial charge in [-0.15, -0.1) is 0 Å². The summed E-state index contributed by atoms with van der Waals surface area (Å²) in [7, 11) is 0. The first-order valence-corrected chi connectivity index (χ1v) is 9.03. The van der Waals surface area contributed by atoms with E-state index in [9.17, 15) is 15.2 Å². The molecule has 0 spiro atoms. The minimum atomic E-state index is -0.831. The third-order valence-electron chi connectivity index (χ3n) is 3.58. The monoisotopic (exact) mass is 374 g/mol. The number of thioether (sulfide) groups is 1. The molecule has 26 heavy (non-hydrogen) atoms. The minimum absolute atomic E-state index is 0.0340. The Labute approximate surface area is 156 Å². The van der Waals surface area contributed by atoms with E-state index in [0.717, 1.165) is 4.91 Å². The molecule has 0 saturated heterocycles. The third kappa shape index (κ3) is 4.62. The Morgan fingerprint density at radius 1 is 1.38 bits per heavy atom. The molecule has 0 aliphatic heterocycles. The predicted molar refractivity (Wildman–Crippen MR) is 106 cm³/mol. The Bertz CT molecular complexity index is 875. The molecule has 2 rings (SSSR count). The first kappa shape index (κ1) is 19.9. The Morgan fingerprint density at radius 2 is 2.12 bits per heavy atom. The van der Waals surface area contributed by atoms with Crippen LogP contribution in [0.15, 0.2) is 41.8 Å². The van der Waals surface area contributed by atoms with E-state index in [1.165, 1.54) is 23.9 Å². The molecular weight excluding hydrogens is 352 g/mol. The van der Waals surface area contributed by atoms with Crippen molar-refractivity contribution in [1.82, 2.24) is 4.98 Å². The van der Waals surface area contributed by atoms with Crippen LogP contribution >= 0.6 is 11.8 Å². The topological polar surface area (TPSA) is 85.5 Å². The SMILES string of the molecule is C/C=C\S/C(=C\C)c1cc(OC(C)(C)CO)c2cc([N+](=O)[O-])ccc2n1. The lowest BCUT2D eigenvalue weighted by Gasteiger charge is -2.25. The number of non-ortho nitro benzene ring substituents is 1. The summed E-state index contributed by atoms with van der Waals surface area (Å²) in [5.41, 5.74) is 0.439. The molecule has 0 radical (unpaired) electrons. The highest BCUT2D eigenvalue weighted by molar-refractivity contribution is 8.10. The van der Waals surface area contributed by atoms with Gasteiger partial charge in [-0.3, -0.25) is 10.1 Å². The molecular formula is C19H22N2O4S. The average Bonchev–Trinajstić information content (AvgIpc) is 2.61. The molecule has 2 aromatic rings. The number of nitrogens with zero attached hydrogens (tertiary/aromatic N) is 2. The lowest BCUT2D eigenvalue weighted by Crippen LogP contribution is -2.32. The molecule has 138 valence electrons. The number of aliphatic hydroxyl groups is 1. The largest absolute Gasteiger partial charge is 0.485 e. The number of nitro benzene ring substituents is 1. The number of aromatic nitrogens is 1. The van der Waals surface area contributed by atoms with E-state index >= 15 is 0 Å². The van der Waals surface area contributed by atoms with Crippen LogP contribution in [0.4, 0.5) is 5.69 Å². The zero-order valence-corrected chi connectivity index (χ0v) is 16.0. The number of hydrogen-bond donors (Lipinski definition) is 1. The van der Waals surface area contributed by atoms with Crippen molar-refractivity contribution < 1.29 is 14.8 Å². The van der Waals surface area contributed by atoms with Crippen LogP contribution in [0.3, 0.4) is 0 Å². The van der Waals surface area contributed by atoms with Crippen LogP contribution in [0.1, 0.15) is 33.4 Å². The maximum absolute atomic E-state index is 11.1. The summed E-state index contributed by atoms with van der Waals surface area (Å²) >= 11 is 1.53. The molecule has 0 fully saturated rings. The summed E-state index contributed by atoms with van der Waals surface area (Å²) in [6.07, 6.45) is 3.88. The summed E-state index contributed by atoms with van der Waals surface area (Å²) < 4.78 is 5.97. The normalized spacial score (nSPS) is 12.7. The summed E-state index contributed by atoms with van der Waals surface area (Å²) in [6, 6.07) is 6.25. The fourth-order valence-electron chi connectivity index (χ4n) is 2.25. The van der Waals surface area contributed by atoms with Crippen molar-refractivity contribution in [3.63, 3.8) is 0 Å². The van der Waals surface area contributed by atoms with Gasteiger partial charge in [-0.05, 0) is 39.2 Å². The van der Waals surface area contributed by atoms with Crippen LogP contribution in [-0.4, -0.2) is 27.2 Å². The van der Waals surface area contributed by atoms with Gasteiger partial charge >= 0.3 is 0 Å². The molecule has 7 heteroatoms. The summed E-state index contributed by atoms with van der Waals surface area (Å²) in [6.45, 7) is 7.17. The van der Waals surface area contributed by atoms with Crippen LogP contribution in [0.25, 0.3) is 15.8 Å². The molecule has 0 aliphatic carbocycles. The molecule has 1 heterocycles. The van der Waals surface area contributed by atoms with Gasteiger partial charge in [0.1, 0.15) is 11.4 Å². The summed E-state index contributed by atoms with van der Waals surface area (Å²) in [5.74, 6) is 0.452. The van der Waals surface area contributed by atoms with Crippen molar-refractivity contribution >= 4 is 33.3 Å². The van der Waals surface area contributed by atoms with E-state index in [0.29, 0.717) is 22.3 Å². The average molecular weight is 374 g/mol. The minimum Gasteiger partial charge on any atom is -0.485 e. The van der Waals surface area contributed by atoms with E-state index < -0.39 is 10.5 Å². The zero-order chi connectivity index (χ0) is 19.3. The van der Waals surface area contributed by atoms with E-state index in [-0.39, 0.29) is 12.3 Å². The molecule has 1 N–H and O–H groups in total. The number of nitro groups is 1. The number of aliphatic hydroxyl groups excluding tert-OH is 1. The van der Waals surface area contributed by atoms with E-state index in [4.69, 9.17) is 4.74 Å². The van der Waals surface area contributed by atoms with Gasteiger partial charge in [0.15, 0.2) is 0 Å². The van der Waals surface area contributed by atoms with Gasteiger partial charge in [0, 0.05) is 28.5 Å². The highest BCUT2D eigenvalue weighted by Crippen LogP contribution is 2.36. The van der Waals surface area contributed by atoms with Crippen molar-refractivity contribution in [2.45, 2.75) is 33.3 Å². The molecule has 0 saturated carbocycles. The van der Waals surface area contributed by atoms with Crippen molar-refractivity contribution in [1.29, 1.82) is 0 Å². The fourth-order valence-corrected chi connectivity index (χ4v) is 2.90. The molecule has 1 aromatic heterocycles. The van der Waals surface area contributed by atoms with E-state index in [2.05, 4.69) is 4.98 Å². The van der Waals surface area contributed by atoms with Crippen LogP contribution in [0, 0.1) is 10.1 Å². The van der Waals surface area contributed by atoms with Crippen molar-refractivity contribution in [2.24, 2.45) is 0 Å². The Balaban J connectivity index is 2.67. The number of benzene rings is 1. The maximum Gasteiger partial charge on any atom is 0.270 e. The zero-order valence-electron chi connectivity index (χ0n) is 15.2. The van der Waals surface area contributed by atoms with Gasteiger partial charge < -0.3 is 9.84 Å². The molecule has 0 amide bonds. The second kappa shape index (κ2) is 8.33. The lowest BCUT2D eigenvalue weighted by molar-refractivity contribution is -0.384. The maximum atomic E-state index is 11.1. The number of pyridine rings is 1. The number of allylic oxidation sites excluding steroid dienone is 2. The predicted octanol–water partition coefficient (Wildman–Crippen LogP) is 4.92. The van der Waals surface area contributed by atoms with Gasteiger partial charge in [-0.2, -0.15) is 0 Å². The number of fused-ring (bicyclic) bond motifs is 1. The van der Waals surface area contributed by atoms with Gasteiger partial charge in [0.05, 0.1) is 22.7 Å². The third-order valence-corrected chi connectivity index (χ3v) is 4.68. The first-order chi connectivity index (χ1) is 12.3. The molecule has 0 unspecified atom stereocenters. The van der Waals surface area contributed by atoms with Crippen molar-refractivity contribution in [3.8, 4) is 5.75 Å². The molecule has 1 aromatic carbocycles. The summed E-state index contributed by atoms with van der Waals surface area (Å²) in [4.78, 5) is 16.2. The Hall–Kier alpha value is -2.38. The molecule has 6 nitrogen and oxygen atoms in total. The smallest absolute Gasteiger partial charge is 0.270 e. The Morgan fingerprint density at radius 3 is 2.69 bits per heavy atom. The quantitative estimate of drug-likeness (QED) is 0.547. The fraction of sp³-hybridized carbons (Fsp3) is 0.316. The van der Waals surface area contributed by atoms with Gasteiger partial charge in [0.2, 0.25) is 0 Å². The van der Waals surface area contributed by atoms with Crippen LogP contribution in [0.2, 0.25) is 0 Å². The van der Waals surface area contributed by atoms with Crippen LogP contribution < -0.4 is 4.74 Å². The second-order valence-corrected chi connectivity index (χ2v) is 7.17. The number of ether oxygens (including phenoxy) is 1. The molecule has 0 aliphatic rings. The highest BCUT2D eigenvalue weighted by atomic mass is 32.2.